The molecule has 0 unspecified atom stereocenters. The number of nitrogens with zero attached hydrogens (tertiary/aromatic N) is 2. The van der Waals surface area contributed by atoms with E-state index in [1.54, 1.807) is 30.3 Å². The molecule has 0 radical (unpaired) electrons. The second-order valence-electron chi connectivity index (χ2n) is 8.41. The minimum absolute atomic E-state index is 0.0144. The molecule has 6 nitrogen and oxygen atoms in total. The van der Waals surface area contributed by atoms with E-state index in [-0.39, 0.29) is 29.2 Å². The van der Waals surface area contributed by atoms with Gasteiger partial charge in [0, 0.05) is 24.1 Å². The molecule has 1 aromatic heterocycles. The molecule has 180 valence electrons. The third-order valence-corrected chi connectivity index (χ3v) is 5.85. The van der Waals surface area contributed by atoms with Crippen molar-refractivity contribution in [3.05, 3.63) is 77.1 Å². The Kier molecular flexibility index (Phi) is 5.66. The molecule has 0 spiro atoms. The summed E-state index contributed by atoms with van der Waals surface area (Å²) < 4.78 is 57.8. The van der Waals surface area contributed by atoms with Gasteiger partial charge in [0.2, 0.25) is 5.91 Å². The van der Waals surface area contributed by atoms with Crippen molar-refractivity contribution in [1.82, 2.24) is 4.98 Å². The van der Waals surface area contributed by atoms with Crippen LogP contribution >= 0.6 is 0 Å². The topological polar surface area (TPSA) is 71.5 Å². The van der Waals surface area contributed by atoms with Crippen LogP contribution in [0.5, 0.6) is 11.5 Å². The SMILES string of the molecule is O=C(Nc1cccc(N2CCc3ccc(Oc4ccc(C(F)(F)F)c(F)c4)cc3C2=O)n1)C1CC1. The van der Waals surface area contributed by atoms with Crippen molar-refractivity contribution in [3.63, 3.8) is 0 Å². The molecule has 0 atom stereocenters. The van der Waals surface area contributed by atoms with Gasteiger partial charge in [-0.3, -0.25) is 14.5 Å². The van der Waals surface area contributed by atoms with E-state index in [1.165, 1.54) is 11.0 Å². The second kappa shape index (κ2) is 8.68. The summed E-state index contributed by atoms with van der Waals surface area (Å²) >= 11 is 0. The lowest BCUT2D eigenvalue weighted by molar-refractivity contribution is -0.140. The molecule has 35 heavy (non-hydrogen) atoms. The summed E-state index contributed by atoms with van der Waals surface area (Å²) in [6.07, 6.45) is -2.56. The van der Waals surface area contributed by atoms with Gasteiger partial charge < -0.3 is 10.1 Å². The van der Waals surface area contributed by atoms with E-state index in [1.807, 2.05) is 0 Å². The number of aromatic nitrogens is 1. The van der Waals surface area contributed by atoms with Crippen LogP contribution in [0.1, 0.15) is 34.3 Å². The third-order valence-electron chi connectivity index (χ3n) is 5.85. The summed E-state index contributed by atoms with van der Waals surface area (Å²) in [5.41, 5.74) is -0.269. The van der Waals surface area contributed by atoms with Gasteiger partial charge in [0.05, 0.1) is 5.56 Å². The number of nitrogens with one attached hydrogen (secondary N) is 1. The maximum absolute atomic E-state index is 13.9. The van der Waals surface area contributed by atoms with Gasteiger partial charge in [-0.05, 0) is 61.2 Å². The van der Waals surface area contributed by atoms with Crippen LogP contribution in [0.3, 0.4) is 0 Å². The van der Waals surface area contributed by atoms with Crippen molar-refractivity contribution in [3.8, 4) is 11.5 Å². The van der Waals surface area contributed by atoms with Gasteiger partial charge in [-0.25, -0.2) is 9.37 Å². The number of anilines is 2. The largest absolute Gasteiger partial charge is 0.457 e. The Balaban J connectivity index is 1.35. The van der Waals surface area contributed by atoms with Crippen molar-refractivity contribution in [2.45, 2.75) is 25.4 Å². The minimum Gasteiger partial charge on any atom is -0.457 e. The van der Waals surface area contributed by atoms with Crippen LogP contribution in [-0.4, -0.2) is 23.3 Å². The Labute approximate surface area is 197 Å². The summed E-state index contributed by atoms with van der Waals surface area (Å²) in [6.45, 7) is 0.378. The number of benzene rings is 2. The predicted octanol–water partition coefficient (Wildman–Crippen LogP) is 5.58. The average molecular weight is 485 g/mol. The highest BCUT2D eigenvalue weighted by atomic mass is 19.4. The number of amides is 2. The molecule has 1 saturated carbocycles. The first-order valence-corrected chi connectivity index (χ1v) is 11.0. The minimum atomic E-state index is -4.81. The molecule has 0 saturated heterocycles. The number of alkyl halides is 3. The van der Waals surface area contributed by atoms with Gasteiger partial charge in [0.1, 0.15) is 29.0 Å². The molecule has 1 aliphatic carbocycles. The first-order chi connectivity index (χ1) is 16.7. The Morgan fingerprint density at radius 3 is 2.51 bits per heavy atom. The van der Waals surface area contributed by atoms with Crippen molar-refractivity contribution in [2.75, 3.05) is 16.8 Å². The van der Waals surface area contributed by atoms with Crippen LogP contribution in [0, 0.1) is 11.7 Å². The number of pyridine rings is 1. The maximum atomic E-state index is 13.9. The lowest BCUT2D eigenvalue weighted by Gasteiger charge is -2.28. The van der Waals surface area contributed by atoms with E-state index in [4.69, 9.17) is 4.74 Å². The Hall–Kier alpha value is -3.95. The van der Waals surface area contributed by atoms with Gasteiger partial charge in [-0.15, -0.1) is 0 Å². The molecule has 3 aromatic rings. The number of carbonyl (C=O) groups excluding carboxylic acids is 2. The second-order valence-corrected chi connectivity index (χ2v) is 8.41. The van der Waals surface area contributed by atoms with Crippen LogP contribution in [-0.2, 0) is 17.4 Å². The highest BCUT2D eigenvalue weighted by molar-refractivity contribution is 6.08. The fourth-order valence-electron chi connectivity index (χ4n) is 3.88. The van der Waals surface area contributed by atoms with Crippen LogP contribution in [0.2, 0.25) is 0 Å². The fourth-order valence-corrected chi connectivity index (χ4v) is 3.88. The molecule has 5 rings (SSSR count). The number of hydrogen-bond donors (Lipinski definition) is 1. The maximum Gasteiger partial charge on any atom is 0.419 e. The van der Waals surface area contributed by atoms with E-state index in [0.29, 0.717) is 42.3 Å². The van der Waals surface area contributed by atoms with Crippen LogP contribution < -0.4 is 15.0 Å². The number of ether oxygens (including phenoxy) is 1. The summed E-state index contributed by atoms with van der Waals surface area (Å²) in [5, 5.41) is 2.76. The lowest BCUT2D eigenvalue weighted by Crippen LogP contribution is -2.38. The zero-order chi connectivity index (χ0) is 24.7. The molecule has 10 heteroatoms. The van der Waals surface area contributed by atoms with Gasteiger partial charge in [0.15, 0.2) is 0 Å². The summed E-state index contributed by atoms with van der Waals surface area (Å²) in [4.78, 5) is 31.2. The highest BCUT2D eigenvalue weighted by Crippen LogP contribution is 2.35. The fraction of sp³-hybridized carbons (Fsp3) is 0.240. The number of carbonyl (C=O) groups is 2. The van der Waals surface area contributed by atoms with E-state index in [2.05, 4.69) is 10.3 Å². The molecule has 2 amide bonds. The predicted molar refractivity (Wildman–Crippen MR) is 119 cm³/mol. The van der Waals surface area contributed by atoms with Crippen molar-refractivity contribution >= 4 is 23.5 Å². The van der Waals surface area contributed by atoms with Crippen molar-refractivity contribution in [2.24, 2.45) is 5.92 Å². The van der Waals surface area contributed by atoms with Gasteiger partial charge >= 0.3 is 6.18 Å². The number of halogens is 4. The highest BCUT2D eigenvalue weighted by Gasteiger charge is 2.34. The van der Waals surface area contributed by atoms with Gasteiger partial charge in [0.25, 0.3) is 5.91 Å². The van der Waals surface area contributed by atoms with E-state index in [0.717, 1.165) is 24.5 Å². The lowest BCUT2D eigenvalue weighted by atomic mass is 9.98. The smallest absolute Gasteiger partial charge is 0.419 e. The van der Waals surface area contributed by atoms with Crippen molar-refractivity contribution < 1.29 is 31.9 Å². The molecular weight excluding hydrogens is 466 g/mol. The Morgan fingerprint density at radius 2 is 1.80 bits per heavy atom. The first kappa shape index (κ1) is 22.8. The van der Waals surface area contributed by atoms with Gasteiger partial charge in [-0.2, -0.15) is 13.2 Å². The molecule has 1 aliphatic heterocycles. The summed E-state index contributed by atoms with van der Waals surface area (Å²) in [6, 6.07) is 12.0. The molecule has 1 fully saturated rings. The first-order valence-electron chi connectivity index (χ1n) is 11.0. The summed E-state index contributed by atoms with van der Waals surface area (Å²) in [5.74, 6) is -1.08. The zero-order valence-corrected chi connectivity index (χ0v) is 18.2. The average Bonchev–Trinajstić information content (AvgIpc) is 3.65. The van der Waals surface area contributed by atoms with E-state index < -0.39 is 17.6 Å². The van der Waals surface area contributed by atoms with Crippen LogP contribution in [0.25, 0.3) is 0 Å². The summed E-state index contributed by atoms with van der Waals surface area (Å²) in [7, 11) is 0. The monoisotopic (exact) mass is 485 g/mol. The molecule has 2 heterocycles. The Bertz CT molecular complexity index is 1320. The molecule has 0 bridgehead atoms. The van der Waals surface area contributed by atoms with E-state index in [9.17, 15) is 27.2 Å². The number of fused-ring (bicyclic) bond motifs is 1. The third kappa shape index (κ3) is 4.82. The zero-order valence-electron chi connectivity index (χ0n) is 18.2. The molecule has 1 N–H and O–H groups in total. The van der Waals surface area contributed by atoms with Crippen molar-refractivity contribution in [1.29, 1.82) is 0 Å². The molecule has 2 aliphatic rings. The van der Waals surface area contributed by atoms with E-state index >= 15 is 0 Å². The van der Waals surface area contributed by atoms with Gasteiger partial charge in [-0.1, -0.05) is 12.1 Å². The number of rotatable bonds is 5. The normalized spacial score (nSPS) is 15.5. The molecular formula is C25H19F4N3O3. The number of hydrogen-bond acceptors (Lipinski definition) is 4. The van der Waals surface area contributed by atoms with Crippen LogP contribution in [0.4, 0.5) is 29.2 Å². The standard InChI is InChI=1S/C25H19F4N3O3/c26-20-13-17(8-9-19(20)25(27,28)29)35-16-7-6-14-10-11-32(24(34)18(14)12-16)22-3-1-2-21(30-22)31-23(33)15-4-5-15/h1-3,6-9,12-13,15H,4-5,10-11H2,(H,30,31,33). The Morgan fingerprint density at radius 1 is 1.06 bits per heavy atom. The quantitative estimate of drug-likeness (QED) is 0.479. The molecule has 2 aromatic carbocycles. The van der Waals surface area contributed by atoms with Crippen LogP contribution in [0.15, 0.2) is 54.6 Å².